The SMILES string of the molecule is O=C(c1nnc(Nc2ccc([N+](=O)[O-])cc2)o1)c1c[nH]c2ccccc12. The number of nitro groups is 1. The fourth-order valence-electron chi connectivity index (χ4n) is 2.53. The van der Waals surface area contributed by atoms with Crippen LogP contribution in [0.5, 0.6) is 0 Å². The second kappa shape index (κ2) is 6.13. The summed E-state index contributed by atoms with van der Waals surface area (Å²) in [5, 5.41) is 21.8. The van der Waals surface area contributed by atoms with Crippen LogP contribution in [-0.4, -0.2) is 25.9 Å². The lowest BCUT2D eigenvalue weighted by Gasteiger charge is -1.99. The lowest BCUT2D eigenvalue weighted by atomic mass is 10.1. The lowest BCUT2D eigenvalue weighted by Crippen LogP contribution is -2.00. The molecule has 0 saturated carbocycles. The molecule has 0 unspecified atom stereocenters. The van der Waals surface area contributed by atoms with Gasteiger partial charge in [-0.25, -0.2) is 0 Å². The van der Waals surface area contributed by atoms with Crippen molar-refractivity contribution in [2.45, 2.75) is 0 Å². The van der Waals surface area contributed by atoms with E-state index in [1.807, 2.05) is 24.3 Å². The normalized spacial score (nSPS) is 10.8. The number of carbonyl (C=O) groups excluding carboxylic acids is 1. The van der Waals surface area contributed by atoms with E-state index in [4.69, 9.17) is 4.42 Å². The molecule has 2 heterocycles. The van der Waals surface area contributed by atoms with E-state index in [2.05, 4.69) is 20.5 Å². The van der Waals surface area contributed by atoms with Crippen molar-refractivity contribution in [2.75, 3.05) is 5.32 Å². The Kier molecular flexibility index (Phi) is 3.66. The number of benzene rings is 2. The number of nitrogens with one attached hydrogen (secondary N) is 2. The molecule has 2 N–H and O–H groups in total. The zero-order valence-corrected chi connectivity index (χ0v) is 13.2. The molecule has 0 radical (unpaired) electrons. The van der Waals surface area contributed by atoms with Gasteiger partial charge in [-0.05, 0) is 18.2 Å². The van der Waals surface area contributed by atoms with Gasteiger partial charge in [0, 0.05) is 34.9 Å². The van der Waals surface area contributed by atoms with Crippen LogP contribution in [0, 0.1) is 10.1 Å². The average molecular weight is 349 g/mol. The highest BCUT2D eigenvalue weighted by atomic mass is 16.6. The number of nitro benzene ring substituents is 1. The van der Waals surface area contributed by atoms with Gasteiger partial charge in [-0.1, -0.05) is 23.3 Å². The number of non-ortho nitro benzene ring substituents is 1. The smallest absolute Gasteiger partial charge is 0.320 e. The van der Waals surface area contributed by atoms with Crippen molar-refractivity contribution in [3.63, 3.8) is 0 Å². The first kappa shape index (κ1) is 15.5. The van der Waals surface area contributed by atoms with E-state index in [0.717, 1.165) is 10.9 Å². The number of anilines is 2. The topological polar surface area (TPSA) is 127 Å². The number of rotatable bonds is 5. The number of nitrogens with zero attached hydrogens (tertiary/aromatic N) is 3. The average Bonchev–Trinajstić information content (AvgIpc) is 3.28. The second-order valence-corrected chi connectivity index (χ2v) is 5.42. The van der Waals surface area contributed by atoms with Crippen molar-refractivity contribution < 1.29 is 14.1 Å². The summed E-state index contributed by atoms with van der Waals surface area (Å²) in [6.07, 6.45) is 1.60. The molecule has 0 aliphatic carbocycles. The number of para-hydroxylation sites is 1. The van der Waals surface area contributed by atoms with Gasteiger partial charge < -0.3 is 14.7 Å². The van der Waals surface area contributed by atoms with Gasteiger partial charge in [0.25, 0.3) is 17.4 Å². The Morgan fingerprint density at radius 2 is 1.88 bits per heavy atom. The maximum atomic E-state index is 12.6. The summed E-state index contributed by atoms with van der Waals surface area (Å²) in [4.78, 5) is 25.8. The highest BCUT2D eigenvalue weighted by Crippen LogP contribution is 2.23. The number of fused-ring (bicyclic) bond motifs is 1. The molecule has 2 aromatic carbocycles. The highest BCUT2D eigenvalue weighted by molar-refractivity contribution is 6.14. The first-order valence-corrected chi connectivity index (χ1v) is 7.57. The molecule has 128 valence electrons. The number of aromatic amines is 1. The molecule has 9 nitrogen and oxygen atoms in total. The summed E-state index contributed by atoms with van der Waals surface area (Å²) in [5.41, 5.74) is 1.76. The summed E-state index contributed by atoms with van der Waals surface area (Å²) >= 11 is 0. The van der Waals surface area contributed by atoms with Crippen molar-refractivity contribution in [3.05, 3.63) is 76.3 Å². The Morgan fingerprint density at radius 1 is 1.12 bits per heavy atom. The quantitative estimate of drug-likeness (QED) is 0.321. The van der Waals surface area contributed by atoms with E-state index >= 15 is 0 Å². The third-order valence-corrected chi connectivity index (χ3v) is 3.78. The minimum absolute atomic E-state index is 0.0158. The first-order valence-electron chi connectivity index (χ1n) is 7.57. The molecule has 0 aliphatic heterocycles. The van der Waals surface area contributed by atoms with Crippen molar-refractivity contribution in [1.82, 2.24) is 15.2 Å². The van der Waals surface area contributed by atoms with E-state index in [1.54, 1.807) is 6.20 Å². The second-order valence-electron chi connectivity index (χ2n) is 5.42. The number of hydrogen-bond acceptors (Lipinski definition) is 7. The molecule has 0 spiro atoms. The Morgan fingerprint density at radius 3 is 2.65 bits per heavy atom. The molecule has 4 rings (SSSR count). The lowest BCUT2D eigenvalue weighted by molar-refractivity contribution is -0.384. The van der Waals surface area contributed by atoms with E-state index in [1.165, 1.54) is 24.3 Å². The molecule has 0 aliphatic rings. The van der Waals surface area contributed by atoms with E-state index in [-0.39, 0.29) is 17.6 Å². The minimum Gasteiger partial charge on any atom is -0.400 e. The number of H-pyrrole nitrogens is 1. The molecule has 26 heavy (non-hydrogen) atoms. The number of aromatic nitrogens is 3. The molecule has 0 amide bonds. The number of hydrogen-bond donors (Lipinski definition) is 2. The van der Waals surface area contributed by atoms with Crippen molar-refractivity contribution in [2.24, 2.45) is 0 Å². The minimum atomic E-state index is -0.492. The molecule has 0 atom stereocenters. The summed E-state index contributed by atoms with van der Waals surface area (Å²) in [7, 11) is 0. The van der Waals surface area contributed by atoms with Crippen molar-refractivity contribution in [1.29, 1.82) is 0 Å². The van der Waals surface area contributed by atoms with Gasteiger partial charge in [-0.15, -0.1) is 5.10 Å². The van der Waals surface area contributed by atoms with Gasteiger partial charge in [0.1, 0.15) is 0 Å². The van der Waals surface area contributed by atoms with Crippen LogP contribution in [0.25, 0.3) is 10.9 Å². The number of ketones is 1. The van der Waals surface area contributed by atoms with Gasteiger partial charge in [0.05, 0.1) is 10.5 Å². The summed E-state index contributed by atoms with van der Waals surface area (Å²) < 4.78 is 5.37. The molecule has 0 saturated heterocycles. The standard InChI is InChI=1S/C17H11N5O4/c23-15(13-9-18-14-4-2-1-3-12(13)14)16-20-21-17(26-16)19-10-5-7-11(8-6-10)22(24)25/h1-9,18H,(H,19,21). The molecule has 4 aromatic rings. The van der Waals surface area contributed by atoms with Crippen molar-refractivity contribution in [3.8, 4) is 0 Å². The van der Waals surface area contributed by atoms with E-state index in [9.17, 15) is 14.9 Å². The van der Waals surface area contributed by atoms with Gasteiger partial charge in [0.2, 0.25) is 0 Å². The van der Waals surface area contributed by atoms with Gasteiger partial charge >= 0.3 is 6.01 Å². The molecular weight excluding hydrogens is 338 g/mol. The van der Waals surface area contributed by atoms with Crippen LogP contribution in [0.4, 0.5) is 17.4 Å². The summed E-state index contributed by atoms with van der Waals surface area (Å²) in [6, 6.07) is 13.1. The van der Waals surface area contributed by atoms with E-state index < -0.39 is 10.7 Å². The first-order chi connectivity index (χ1) is 12.6. The Labute approximate surface area is 145 Å². The monoisotopic (exact) mass is 349 g/mol. The van der Waals surface area contributed by atoms with Gasteiger partial charge in [0.15, 0.2) is 0 Å². The molecule has 0 bridgehead atoms. The number of carbonyl (C=O) groups is 1. The van der Waals surface area contributed by atoms with Crippen LogP contribution in [0.3, 0.4) is 0 Å². The van der Waals surface area contributed by atoms with Crippen LogP contribution in [0.1, 0.15) is 16.2 Å². The largest absolute Gasteiger partial charge is 0.400 e. The van der Waals surface area contributed by atoms with Gasteiger partial charge in [-0.3, -0.25) is 14.9 Å². The van der Waals surface area contributed by atoms with Crippen LogP contribution in [0.15, 0.2) is 59.1 Å². The third-order valence-electron chi connectivity index (χ3n) is 3.78. The fourth-order valence-corrected chi connectivity index (χ4v) is 2.53. The molecular formula is C17H11N5O4. The predicted octanol–water partition coefficient (Wildman–Crippen LogP) is 3.43. The third kappa shape index (κ3) is 2.77. The zero-order valence-electron chi connectivity index (χ0n) is 13.2. The van der Waals surface area contributed by atoms with Gasteiger partial charge in [-0.2, -0.15) is 0 Å². The summed E-state index contributed by atoms with van der Waals surface area (Å²) in [6.45, 7) is 0. The Hall–Kier alpha value is -4.01. The maximum Gasteiger partial charge on any atom is 0.320 e. The Balaban J connectivity index is 1.56. The van der Waals surface area contributed by atoms with Crippen molar-refractivity contribution >= 4 is 34.1 Å². The van der Waals surface area contributed by atoms with Crippen LogP contribution < -0.4 is 5.32 Å². The zero-order chi connectivity index (χ0) is 18.1. The predicted molar refractivity (Wildman–Crippen MR) is 92.4 cm³/mol. The summed E-state index contributed by atoms with van der Waals surface area (Å²) in [5.74, 6) is -0.550. The van der Waals surface area contributed by atoms with Crippen LogP contribution >= 0.6 is 0 Å². The van der Waals surface area contributed by atoms with E-state index in [0.29, 0.717) is 11.3 Å². The van der Waals surface area contributed by atoms with Crippen LogP contribution in [-0.2, 0) is 0 Å². The fraction of sp³-hybridized carbons (Fsp3) is 0. The van der Waals surface area contributed by atoms with Crippen LogP contribution in [0.2, 0.25) is 0 Å². The Bertz CT molecular complexity index is 1110. The molecule has 0 fully saturated rings. The molecule has 2 aromatic heterocycles. The highest BCUT2D eigenvalue weighted by Gasteiger charge is 2.20. The maximum absolute atomic E-state index is 12.6. The molecule has 9 heteroatoms.